The summed E-state index contributed by atoms with van der Waals surface area (Å²) in [6.45, 7) is 1.18. The summed E-state index contributed by atoms with van der Waals surface area (Å²) in [6.07, 6.45) is -0.847. The lowest BCUT2D eigenvalue weighted by atomic mass is 10.4. The number of hydrogen-bond donors (Lipinski definition) is 1. The summed E-state index contributed by atoms with van der Waals surface area (Å²) in [7, 11) is 0. The zero-order valence-electron chi connectivity index (χ0n) is 11.2. The number of nitrogens with one attached hydrogen (secondary N) is 1. The number of nitrogens with zero attached hydrogens (tertiary/aromatic N) is 7. The van der Waals surface area contributed by atoms with Crippen molar-refractivity contribution in [2.75, 3.05) is 11.9 Å². The van der Waals surface area contributed by atoms with Crippen LogP contribution in [0.2, 0.25) is 0 Å². The van der Waals surface area contributed by atoms with Crippen molar-refractivity contribution in [3.63, 3.8) is 0 Å². The van der Waals surface area contributed by atoms with Crippen LogP contribution in [0.4, 0.5) is 19.0 Å². The standard InChI is InChI=1S/C11H11F3N8/c12-11(13,14)10-19-18-9-3-2-8(20-22(9)10)16-4-1-5-21-7-15-6-17-21/h2-3,6-7H,1,4-5H2,(H,16,20). The maximum atomic E-state index is 12.7. The molecule has 0 aliphatic heterocycles. The molecule has 3 aromatic rings. The van der Waals surface area contributed by atoms with E-state index in [1.54, 1.807) is 17.1 Å². The summed E-state index contributed by atoms with van der Waals surface area (Å²) in [5.74, 6) is -0.829. The smallest absolute Gasteiger partial charge is 0.369 e. The molecule has 0 radical (unpaired) electrons. The predicted octanol–water partition coefficient (Wildman–Crippen LogP) is 1.24. The molecule has 0 amide bonds. The molecule has 0 fully saturated rings. The highest BCUT2D eigenvalue weighted by Crippen LogP contribution is 2.27. The van der Waals surface area contributed by atoms with Crippen LogP contribution in [0.1, 0.15) is 12.2 Å². The summed E-state index contributed by atoms with van der Waals surface area (Å²) < 4.78 is 40.6. The Morgan fingerprint density at radius 3 is 2.77 bits per heavy atom. The maximum absolute atomic E-state index is 12.7. The van der Waals surface area contributed by atoms with Gasteiger partial charge in [0.15, 0.2) is 5.65 Å². The van der Waals surface area contributed by atoms with Crippen molar-refractivity contribution in [3.05, 3.63) is 30.6 Å². The topological polar surface area (TPSA) is 85.8 Å². The van der Waals surface area contributed by atoms with E-state index in [1.807, 2.05) is 0 Å². The second-order valence-corrected chi connectivity index (χ2v) is 4.45. The lowest BCUT2D eigenvalue weighted by Crippen LogP contribution is -2.14. The Morgan fingerprint density at radius 2 is 2.05 bits per heavy atom. The first-order valence-corrected chi connectivity index (χ1v) is 6.40. The number of aryl methyl sites for hydroxylation is 1. The molecule has 3 aromatic heterocycles. The maximum Gasteiger partial charge on any atom is 0.453 e. The Morgan fingerprint density at radius 1 is 1.18 bits per heavy atom. The van der Waals surface area contributed by atoms with E-state index in [4.69, 9.17) is 0 Å². The first kappa shape index (κ1) is 14.2. The van der Waals surface area contributed by atoms with Crippen LogP contribution in [-0.2, 0) is 12.7 Å². The van der Waals surface area contributed by atoms with Gasteiger partial charge in [0.25, 0.3) is 5.82 Å². The van der Waals surface area contributed by atoms with Gasteiger partial charge in [0, 0.05) is 13.1 Å². The second-order valence-electron chi connectivity index (χ2n) is 4.45. The SMILES string of the molecule is FC(F)(F)c1nnc2ccc(NCCCn3cncn3)nn12. The van der Waals surface area contributed by atoms with E-state index in [-0.39, 0.29) is 5.65 Å². The highest BCUT2D eigenvalue weighted by Gasteiger charge is 2.37. The minimum atomic E-state index is -4.60. The van der Waals surface area contributed by atoms with Crippen LogP contribution in [-0.4, -0.2) is 41.1 Å². The predicted molar refractivity (Wildman–Crippen MR) is 68.9 cm³/mol. The molecule has 0 spiro atoms. The summed E-state index contributed by atoms with van der Waals surface area (Å²) >= 11 is 0. The van der Waals surface area contributed by atoms with Gasteiger partial charge in [-0.1, -0.05) is 0 Å². The average Bonchev–Trinajstić information content (AvgIpc) is 3.11. The molecule has 0 atom stereocenters. The number of alkyl halides is 3. The van der Waals surface area contributed by atoms with E-state index < -0.39 is 12.0 Å². The van der Waals surface area contributed by atoms with Gasteiger partial charge in [0.05, 0.1) is 0 Å². The lowest BCUT2D eigenvalue weighted by Gasteiger charge is -2.07. The summed E-state index contributed by atoms with van der Waals surface area (Å²) in [6, 6.07) is 2.98. The molecule has 116 valence electrons. The Kier molecular flexibility index (Phi) is 3.61. The molecule has 3 rings (SSSR count). The van der Waals surface area contributed by atoms with Crippen LogP contribution in [0.5, 0.6) is 0 Å². The molecule has 8 nitrogen and oxygen atoms in total. The minimum absolute atomic E-state index is 0.0421. The Hall–Kier alpha value is -2.72. The van der Waals surface area contributed by atoms with Crippen molar-refractivity contribution in [1.82, 2.24) is 34.6 Å². The van der Waals surface area contributed by atoms with Crippen molar-refractivity contribution in [2.45, 2.75) is 19.1 Å². The molecule has 0 aromatic carbocycles. The molecule has 0 saturated carbocycles. The van der Waals surface area contributed by atoms with Gasteiger partial charge in [-0.2, -0.15) is 22.8 Å². The quantitative estimate of drug-likeness (QED) is 0.713. The monoisotopic (exact) mass is 312 g/mol. The zero-order chi connectivity index (χ0) is 15.6. The van der Waals surface area contributed by atoms with Gasteiger partial charge < -0.3 is 5.32 Å². The third-order valence-electron chi connectivity index (χ3n) is 2.85. The van der Waals surface area contributed by atoms with E-state index >= 15 is 0 Å². The van der Waals surface area contributed by atoms with Crippen LogP contribution < -0.4 is 5.32 Å². The fraction of sp³-hybridized carbons (Fsp3) is 0.364. The molecule has 0 aliphatic rings. The summed E-state index contributed by atoms with van der Waals surface area (Å²) in [5.41, 5.74) is 0.0421. The summed E-state index contributed by atoms with van der Waals surface area (Å²) in [5, 5.41) is 17.3. The van der Waals surface area contributed by atoms with Crippen molar-refractivity contribution >= 4 is 11.5 Å². The van der Waals surface area contributed by atoms with Crippen LogP contribution >= 0.6 is 0 Å². The zero-order valence-corrected chi connectivity index (χ0v) is 11.2. The number of fused-ring (bicyclic) bond motifs is 1. The number of halogens is 3. The fourth-order valence-electron chi connectivity index (χ4n) is 1.87. The van der Waals surface area contributed by atoms with E-state index in [0.717, 1.165) is 6.42 Å². The Bertz CT molecular complexity index is 748. The molecule has 0 saturated heterocycles. The molecule has 0 aliphatic carbocycles. The van der Waals surface area contributed by atoms with Crippen LogP contribution in [0.15, 0.2) is 24.8 Å². The third-order valence-corrected chi connectivity index (χ3v) is 2.85. The molecule has 22 heavy (non-hydrogen) atoms. The third kappa shape index (κ3) is 2.97. The first-order chi connectivity index (χ1) is 10.5. The lowest BCUT2D eigenvalue weighted by molar-refractivity contribution is -0.146. The van der Waals surface area contributed by atoms with E-state index in [0.29, 0.717) is 23.4 Å². The Balaban J connectivity index is 1.66. The normalized spacial score (nSPS) is 12.0. The van der Waals surface area contributed by atoms with Crippen LogP contribution in [0.25, 0.3) is 5.65 Å². The molecular weight excluding hydrogens is 301 g/mol. The molecule has 1 N–H and O–H groups in total. The van der Waals surface area contributed by atoms with Crippen molar-refractivity contribution in [2.24, 2.45) is 0 Å². The highest BCUT2D eigenvalue weighted by molar-refractivity contribution is 5.44. The fourth-order valence-corrected chi connectivity index (χ4v) is 1.87. The minimum Gasteiger partial charge on any atom is -0.369 e. The average molecular weight is 312 g/mol. The number of rotatable bonds is 5. The second kappa shape index (κ2) is 5.58. The van der Waals surface area contributed by atoms with Gasteiger partial charge in [-0.25, -0.2) is 4.98 Å². The molecule has 3 heterocycles. The van der Waals surface area contributed by atoms with Gasteiger partial charge in [-0.15, -0.1) is 15.3 Å². The molecule has 11 heteroatoms. The highest BCUT2D eigenvalue weighted by atomic mass is 19.4. The van der Waals surface area contributed by atoms with Gasteiger partial charge in [0.2, 0.25) is 0 Å². The molecular formula is C11H11F3N8. The van der Waals surface area contributed by atoms with Crippen molar-refractivity contribution in [3.8, 4) is 0 Å². The van der Waals surface area contributed by atoms with Crippen LogP contribution in [0, 0.1) is 0 Å². The van der Waals surface area contributed by atoms with Crippen LogP contribution in [0.3, 0.4) is 0 Å². The number of anilines is 1. The van der Waals surface area contributed by atoms with E-state index in [2.05, 4.69) is 30.7 Å². The van der Waals surface area contributed by atoms with Crippen molar-refractivity contribution in [1.29, 1.82) is 0 Å². The van der Waals surface area contributed by atoms with Crippen molar-refractivity contribution < 1.29 is 13.2 Å². The number of aromatic nitrogens is 7. The van der Waals surface area contributed by atoms with Gasteiger partial charge in [-0.05, 0) is 18.6 Å². The van der Waals surface area contributed by atoms with E-state index in [9.17, 15) is 13.2 Å². The van der Waals surface area contributed by atoms with Gasteiger partial charge >= 0.3 is 6.18 Å². The largest absolute Gasteiger partial charge is 0.453 e. The summed E-state index contributed by atoms with van der Waals surface area (Å²) in [4.78, 5) is 3.82. The van der Waals surface area contributed by atoms with Gasteiger partial charge in [0.1, 0.15) is 18.5 Å². The van der Waals surface area contributed by atoms with E-state index in [1.165, 1.54) is 12.4 Å². The molecule has 0 bridgehead atoms. The Labute approximate surface area is 122 Å². The number of hydrogen-bond acceptors (Lipinski definition) is 6. The van der Waals surface area contributed by atoms with Gasteiger partial charge in [-0.3, -0.25) is 4.68 Å². The first-order valence-electron chi connectivity index (χ1n) is 6.40. The molecule has 0 unspecified atom stereocenters.